The first-order valence-corrected chi connectivity index (χ1v) is 13.2. The van der Waals surface area contributed by atoms with Crippen molar-refractivity contribution in [3.63, 3.8) is 0 Å². The summed E-state index contributed by atoms with van der Waals surface area (Å²) in [5.41, 5.74) is 4.23. The highest BCUT2D eigenvalue weighted by Crippen LogP contribution is 2.43. The first kappa shape index (κ1) is 24.1. The molecule has 0 bridgehead atoms. The first-order valence-electron chi connectivity index (χ1n) is 11.5. The Morgan fingerprint density at radius 2 is 1.38 bits per heavy atom. The van der Waals surface area contributed by atoms with Crippen LogP contribution in [-0.4, -0.2) is 5.91 Å². The number of amides is 1. The number of allylic oxidation sites excluding steroid dienone is 1. The van der Waals surface area contributed by atoms with Crippen LogP contribution < -0.4 is 10.2 Å². The summed E-state index contributed by atoms with van der Waals surface area (Å²) in [7, 11) is 0. The van der Waals surface area contributed by atoms with Crippen LogP contribution >= 0.6 is 23.1 Å². The average molecular weight is 517 g/mol. The Hall–Kier alpha value is -4.56. The van der Waals surface area contributed by atoms with Crippen molar-refractivity contribution in [3.05, 3.63) is 123 Å². The van der Waals surface area contributed by atoms with Gasteiger partial charge in [0.1, 0.15) is 22.4 Å². The molecule has 1 aliphatic heterocycles. The van der Waals surface area contributed by atoms with E-state index in [-0.39, 0.29) is 11.5 Å². The van der Waals surface area contributed by atoms with E-state index in [1.807, 2.05) is 72.8 Å². The minimum atomic E-state index is -0.458. The van der Waals surface area contributed by atoms with Gasteiger partial charge in [-0.15, -0.1) is 11.3 Å². The molecule has 0 radical (unpaired) electrons. The molecule has 37 heavy (non-hydrogen) atoms. The number of anilines is 3. The average Bonchev–Trinajstić information content (AvgIpc) is 3.57. The predicted molar refractivity (Wildman–Crippen MR) is 151 cm³/mol. The molecule has 0 saturated carbocycles. The van der Waals surface area contributed by atoms with Crippen LogP contribution in [0.2, 0.25) is 0 Å². The number of nitriles is 2. The number of nitrogens with one attached hydrogen (secondary N) is 1. The van der Waals surface area contributed by atoms with Gasteiger partial charge < -0.3 is 10.2 Å². The molecule has 0 spiro atoms. The fourth-order valence-corrected chi connectivity index (χ4v) is 6.07. The molecule has 5 rings (SSSR count). The Balaban J connectivity index is 1.33. The van der Waals surface area contributed by atoms with Crippen LogP contribution in [0.15, 0.2) is 108 Å². The second-order valence-electron chi connectivity index (χ2n) is 8.09. The molecule has 1 N–H and O–H groups in total. The van der Waals surface area contributed by atoms with Crippen LogP contribution in [-0.2, 0) is 4.79 Å². The van der Waals surface area contributed by atoms with E-state index in [2.05, 4.69) is 58.7 Å². The van der Waals surface area contributed by atoms with Gasteiger partial charge in [0.05, 0.1) is 0 Å². The van der Waals surface area contributed by atoms with Crippen LogP contribution in [0, 0.1) is 22.7 Å². The fourth-order valence-electron chi connectivity index (χ4n) is 3.93. The fraction of sp³-hybridized carbons (Fsp3) is 0.0333. The monoisotopic (exact) mass is 516 g/mol. The third-order valence-corrected chi connectivity index (χ3v) is 8.20. The Morgan fingerprint density at radius 1 is 0.784 bits per heavy atom. The Bertz CT molecular complexity index is 1500. The van der Waals surface area contributed by atoms with E-state index in [0.717, 1.165) is 32.4 Å². The van der Waals surface area contributed by atoms with Gasteiger partial charge in [0.25, 0.3) is 0 Å². The molecule has 178 valence electrons. The van der Waals surface area contributed by atoms with Crippen molar-refractivity contribution in [1.29, 1.82) is 10.5 Å². The zero-order chi connectivity index (χ0) is 25.6. The van der Waals surface area contributed by atoms with Gasteiger partial charge in [0, 0.05) is 26.8 Å². The summed E-state index contributed by atoms with van der Waals surface area (Å²) in [6.45, 7) is 0. The van der Waals surface area contributed by atoms with Crippen LogP contribution in [0.4, 0.5) is 17.1 Å². The molecule has 5 nitrogen and oxygen atoms in total. The lowest BCUT2D eigenvalue weighted by molar-refractivity contribution is -0.119. The summed E-state index contributed by atoms with van der Waals surface area (Å²) in [4.78, 5) is 16.5. The molecule has 2 heterocycles. The zero-order valence-electron chi connectivity index (χ0n) is 19.5. The van der Waals surface area contributed by atoms with Crippen LogP contribution in [0.25, 0.3) is 12.2 Å². The van der Waals surface area contributed by atoms with Gasteiger partial charge in [-0.25, -0.2) is 0 Å². The first-order chi connectivity index (χ1) is 18.2. The third kappa shape index (κ3) is 5.34. The number of carbonyl (C=O) groups excluding carboxylic acids is 1. The number of benzene rings is 3. The summed E-state index contributed by atoms with van der Waals surface area (Å²) in [5.74, 6) is -0.211. The number of hydrogen-bond acceptors (Lipinski definition) is 6. The molecule has 1 unspecified atom stereocenters. The molecule has 1 saturated heterocycles. The van der Waals surface area contributed by atoms with Gasteiger partial charge in [0.2, 0.25) is 5.91 Å². The van der Waals surface area contributed by atoms with Gasteiger partial charge in [-0.05, 0) is 60.2 Å². The SMILES string of the molecule is N#CC(C#N)=C1NC(=O)C(c2ccc(/C=C/c3ccc(N(c4ccccc4)c4ccccc4)cc3)s2)S1. The van der Waals surface area contributed by atoms with Gasteiger partial charge in [-0.1, -0.05) is 66.4 Å². The number of rotatable bonds is 6. The van der Waals surface area contributed by atoms with Crippen molar-refractivity contribution >= 4 is 58.2 Å². The predicted octanol–water partition coefficient (Wildman–Crippen LogP) is 7.55. The maximum Gasteiger partial charge on any atom is 0.243 e. The lowest BCUT2D eigenvalue weighted by Crippen LogP contribution is -2.17. The van der Waals surface area contributed by atoms with Crippen molar-refractivity contribution in [2.24, 2.45) is 0 Å². The molecular weight excluding hydrogens is 496 g/mol. The minimum absolute atomic E-state index is 0.0703. The van der Waals surface area contributed by atoms with Gasteiger partial charge in [-0.2, -0.15) is 10.5 Å². The summed E-state index contributed by atoms with van der Waals surface area (Å²) in [5, 5.41) is 20.7. The van der Waals surface area contributed by atoms with Crippen LogP contribution in [0.1, 0.15) is 20.6 Å². The number of hydrogen-bond donors (Lipinski definition) is 1. The lowest BCUT2D eigenvalue weighted by Gasteiger charge is -2.25. The van der Waals surface area contributed by atoms with E-state index in [9.17, 15) is 4.79 Å². The lowest BCUT2D eigenvalue weighted by atomic mass is 10.1. The number of nitrogens with zero attached hydrogens (tertiary/aromatic N) is 3. The molecule has 1 aliphatic rings. The standard InChI is InChI=1S/C30H20N4OS2/c31-19-22(20-32)30-33-29(35)28(37-30)27-18-17-26(36-27)16-13-21-11-14-25(15-12-21)34(23-7-3-1-4-8-23)24-9-5-2-6-10-24/h1-18,28H,(H,33,35)/b16-13+. The molecule has 4 aromatic rings. The number of thioether (sulfide) groups is 1. The minimum Gasteiger partial charge on any atom is -0.318 e. The maximum atomic E-state index is 12.4. The number of para-hydroxylation sites is 2. The summed E-state index contributed by atoms with van der Waals surface area (Å²) < 4.78 is 0. The Labute approximate surface area is 223 Å². The van der Waals surface area contributed by atoms with E-state index in [4.69, 9.17) is 10.5 Å². The molecular formula is C30H20N4OS2. The molecule has 1 amide bonds. The summed E-state index contributed by atoms with van der Waals surface area (Å²) >= 11 is 2.73. The van der Waals surface area contributed by atoms with E-state index in [1.165, 1.54) is 23.1 Å². The molecule has 1 fully saturated rings. The second-order valence-corrected chi connectivity index (χ2v) is 10.3. The van der Waals surface area contributed by atoms with Crippen molar-refractivity contribution in [3.8, 4) is 12.1 Å². The normalized spacial score (nSPS) is 14.7. The molecule has 0 aliphatic carbocycles. The molecule has 1 atom stereocenters. The quantitative estimate of drug-likeness (QED) is 0.268. The van der Waals surface area contributed by atoms with E-state index in [0.29, 0.717) is 5.03 Å². The highest BCUT2D eigenvalue weighted by molar-refractivity contribution is 8.04. The number of carbonyl (C=O) groups is 1. The van der Waals surface area contributed by atoms with Crippen LogP contribution in [0.5, 0.6) is 0 Å². The van der Waals surface area contributed by atoms with Crippen molar-refractivity contribution in [2.45, 2.75) is 5.25 Å². The summed E-state index contributed by atoms with van der Waals surface area (Å²) in [6, 6.07) is 36.5. The Morgan fingerprint density at radius 3 is 1.97 bits per heavy atom. The van der Waals surface area contributed by atoms with Crippen molar-refractivity contribution < 1.29 is 4.79 Å². The van der Waals surface area contributed by atoms with Gasteiger partial charge in [0.15, 0.2) is 5.57 Å². The van der Waals surface area contributed by atoms with E-state index in [1.54, 1.807) is 0 Å². The third-order valence-electron chi connectivity index (χ3n) is 5.69. The second kappa shape index (κ2) is 11.0. The van der Waals surface area contributed by atoms with Gasteiger partial charge in [-0.3, -0.25) is 4.79 Å². The summed E-state index contributed by atoms with van der Waals surface area (Å²) in [6.07, 6.45) is 4.07. The zero-order valence-corrected chi connectivity index (χ0v) is 21.2. The largest absolute Gasteiger partial charge is 0.318 e. The maximum absolute atomic E-state index is 12.4. The molecule has 3 aromatic carbocycles. The highest BCUT2D eigenvalue weighted by atomic mass is 32.2. The van der Waals surface area contributed by atoms with Crippen molar-refractivity contribution in [1.82, 2.24) is 5.32 Å². The molecule has 1 aromatic heterocycles. The smallest absolute Gasteiger partial charge is 0.243 e. The van der Waals surface area contributed by atoms with Gasteiger partial charge >= 0.3 is 0 Å². The van der Waals surface area contributed by atoms with Crippen molar-refractivity contribution in [2.75, 3.05) is 4.90 Å². The molecule has 7 heteroatoms. The number of thiophene rings is 1. The van der Waals surface area contributed by atoms with E-state index >= 15 is 0 Å². The topological polar surface area (TPSA) is 79.9 Å². The van der Waals surface area contributed by atoms with Crippen LogP contribution in [0.3, 0.4) is 0 Å². The Kier molecular flexibility index (Phi) is 7.19. The highest BCUT2D eigenvalue weighted by Gasteiger charge is 2.33. The van der Waals surface area contributed by atoms with E-state index < -0.39 is 5.25 Å².